The first-order valence-corrected chi connectivity index (χ1v) is 8.50. The molecular weight excluding hydrogens is 347 g/mol. The van der Waals surface area contributed by atoms with Gasteiger partial charge in [-0.2, -0.15) is 0 Å². The van der Waals surface area contributed by atoms with Gasteiger partial charge in [-0.3, -0.25) is 9.78 Å². The minimum Gasteiger partial charge on any atom is -0.511 e. The highest BCUT2D eigenvalue weighted by Crippen LogP contribution is 2.34. The van der Waals surface area contributed by atoms with E-state index < -0.39 is 5.41 Å². The predicted octanol–water partition coefficient (Wildman–Crippen LogP) is 3.96. The lowest BCUT2D eigenvalue weighted by Gasteiger charge is -2.24. The molecule has 5 nitrogen and oxygen atoms in total. The first-order valence-electron chi connectivity index (χ1n) is 8.50. The van der Waals surface area contributed by atoms with Crippen molar-refractivity contribution in [2.45, 2.75) is 25.8 Å². The molecule has 0 radical (unpaired) electrons. The second-order valence-corrected chi connectivity index (χ2v) is 6.90. The molecule has 0 fully saturated rings. The van der Waals surface area contributed by atoms with Crippen LogP contribution in [0.25, 0.3) is 10.9 Å². The summed E-state index contributed by atoms with van der Waals surface area (Å²) in [6, 6.07) is 7.48. The van der Waals surface area contributed by atoms with E-state index in [2.05, 4.69) is 4.98 Å². The lowest BCUT2D eigenvalue weighted by molar-refractivity contribution is 0.364. The van der Waals surface area contributed by atoms with E-state index in [1.54, 1.807) is 35.2 Å². The van der Waals surface area contributed by atoms with Gasteiger partial charge in [-0.1, -0.05) is 13.8 Å². The Hall–Kier alpha value is -3.15. The Morgan fingerprint density at radius 1 is 1.33 bits per heavy atom. The van der Waals surface area contributed by atoms with Gasteiger partial charge in [0.15, 0.2) is 5.43 Å². The van der Waals surface area contributed by atoms with Gasteiger partial charge in [-0.05, 0) is 30.3 Å². The molecule has 0 atom stereocenters. The maximum Gasteiger partial charge on any atom is 0.190 e. The van der Waals surface area contributed by atoms with Gasteiger partial charge in [-0.15, -0.1) is 0 Å². The summed E-state index contributed by atoms with van der Waals surface area (Å²) in [6.45, 7) is 3.91. The van der Waals surface area contributed by atoms with Gasteiger partial charge in [0.2, 0.25) is 0 Å². The summed E-state index contributed by atoms with van der Waals surface area (Å²) in [4.78, 5) is 15.9. The van der Waals surface area contributed by atoms with Crippen LogP contribution in [0.15, 0.2) is 65.6 Å². The number of aliphatic hydroxyl groups excluding tert-OH is 1. The van der Waals surface area contributed by atoms with Crippen LogP contribution in [0.4, 0.5) is 4.39 Å². The maximum atomic E-state index is 13.7. The fraction of sp³-hybridized carbons (Fsp3) is 0.238. The van der Waals surface area contributed by atoms with E-state index in [1.807, 2.05) is 13.8 Å². The van der Waals surface area contributed by atoms with Crippen molar-refractivity contribution in [3.05, 3.63) is 82.4 Å². The summed E-state index contributed by atoms with van der Waals surface area (Å²) >= 11 is 0. The lowest BCUT2D eigenvalue weighted by atomic mass is 9.83. The van der Waals surface area contributed by atoms with Crippen LogP contribution in [0.3, 0.4) is 0 Å². The summed E-state index contributed by atoms with van der Waals surface area (Å²) < 4.78 is 20.8. The van der Waals surface area contributed by atoms with Crippen LogP contribution >= 0.6 is 0 Å². The molecular formula is C21H21FN2O3. The summed E-state index contributed by atoms with van der Waals surface area (Å²) in [6.07, 6.45) is 6.40. The SMILES string of the molecule is COc1ccc(F)cc1C(C)(C)/C=C(\O)Cn1ccc(=O)c2cnccc21. The van der Waals surface area contributed by atoms with Gasteiger partial charge >= 0.3 is 0 Å². The number of aromatic nitrogens is 2. The summed E-state index contributed by atoms with van der Waals surface area (Å²) in [5, 5.41) is 11.1. The third-order valence-corrected chi connectivity index (χ3v) is 4.49. The van der Waals surface area contributed by atoms with E-state index in [4.69, 9.17) is 4.74 Å². The van der Waals surface area contributed by atoms with Crippen LogP contribution < -0.4 is 10.2 Å². The number of ether oxygens (including phenoxy) is 1. The van der Waals surface area contributed by atoms with Gasteiger partial charge in [-0.25, -0.2) is 4.39 Å². The zero-order valence-electron chi connectivity index (χ0n) is 15.4. The zero-order valence-corrected chi connectivity index (χ0v) is 15.4. The Balaban J connectivity index is 1.98. The molecule has 3 rings (SSSR count). The monoisotopic (exact) mass is 368 g/mol. The fourth-order valence-corrected chi connectivity index (χ4v) is 3.19. The molecule has 1 N–H and O–H groups in total. The number of rotatable bonds is 5. The Bertz CT molecular complexity index is 1070. The highest BCUT2D eigenvalue weighted by Gasteiger charge is 2.24. The third kappa shape index (κ3) is 3.84. The second-order valence-electron chi connectivity index (χ2n) is 6.90. The zero-order chi connectivity index (χ0) is 19.6. The number of benzene rings is 1. The number of hydrogen-bond donors (Lipinski definition) is 1. The van der Waals surface area contributed by atoms with Crippen molar-refractivity contribution in [1.82, 2.24) is 9.55 Å². The molecule has 0 aliphatic rings. The van der Waals surface area contributed by atoms with E-state index in [0.29, 0.717) is 22.2 Å². The quantitative estimate of drug-likeness (QED) is 0.692. The van der Waals surface area contributed by atoms with Crippen molar-refractivity contribution in [3.8, 4) is 5.75 Å². The number of allylic oxidation sites excluding steroid dienone is 2. The highest BCUT2D eigenvalue weighted by atomic mass is 19.1. The Labute approximate surface area is 156 Å². The fourth-order valence-electron chi connectivity index (χ4n) is 3.19. The number of nitrogens with zero attached hydrogens (tertiary/aromatic N) is 2. The van der Waals surface area contributed by atoms with Crippen LogP contribution in [0.1, 0.15) is 19.4 Å². The van der Waals surface area contributed by atoms with Crippen molar-refractivity contribution in [3.63, 3.8) is 0 Å². The summed E-state index contributed by atoms with van der Waals surface area (Å²) in [7, 11) is 1.52. The first kappa shape index (κ1) is 18.6. The van der Waals surface area contributed by atoms with Crippen molar-refractivity contribution in [1.29, 1.82) is 0 Å². The number of methoxy groups -OCH3 is 1. The molecule has 2 aromatic heterocycles. The van der Waals surface area contributed by atoms with Crippen molar-refractivity contribution in [2.24, 2.45) is 0 Å². The van der Waals surface area contributed by atoms with Crippen molar-refractivity contribution >= 4 is 10.9 Å². The molecule has 27 heavy (non-hydrogen) atoms. The van der Waals surface area contributed by atoms with Gasteiger partial charge in [0.05, 0.1) is 24.6 Å². The molecule has 0 saturated carbocycles. The standard InChI is InChI=1S/C21H21FN2O3/c1-21(2,17-10-14(22)4-5-20(17)27-3)11-15(25)13-24-9-7-19(26)16-12-23-8-6-18(16)24/h4-12,25H,13H2,1-3H3/b15-11-. The van der Waals surface area contributed by atoms with E-state index in [0.717, 1.165) is 0 Å². The Morgan fingerprint density at radius 2 is 2.11 bits per heavy atom. The number of aliphatic hydroxyl groups is 1. The van der Waals surface area contributed by atoms with Crippen LogP contribution in [0.5, 0.6) is 5.75 Å². The number of fused-ring (bicyclic) bond motifs is 1. The molecule has 0 saturated heterocycles. The lowest BCUT2D eigenvalue weighted by Crippen LogP contribution is -2.18. The van der Waals surface area contributed by atoms with Crippen LogP contribution in [-0.2, 0) is 12.0 Å². The predicted molar refractivity (Wildman–Crippen MR) is 103 cm³/mol. The largest absolute Gasteiger partial charge is 0.511 e. The molecule has 0 amide bonds. The Kier molecular flexibility index (Phi) is 4.99. The summed E-state index contributed by atoms with van der Waals surface area (Å²) in [5.74, 6) is 0.268. The molecule has 1 aromatic carbocycles. The summed E-state index contributed by atoms with van der Waals surface area (Å²) in [5.41, 5.74) is 0.514. The average molecular weight is 368 g/mol. The van der Waals surface area contributed by atoms with Gasteiger partial charge in [0.25, 0.3) is 0 Å². The smallest absolute Gasteiger partial charge is 0.190 e. The van der Waals surface area contributed by atoms with Crippen LogP contribution in [0.2, 0.25) is 0 Å². The molecule has 3 aromatic rings. The highest BCUT2D eigenvalue weighted by molar-refractivity contribution is 5.77. The van der Waals surface area contributed by atoms with Gasteiger partial charge < -0.3 is 14.4 Å². The van der Waals surface area contributed by atoms with Crippen molar-refractivity contribution in [2.75, 3.05) is 7.11 Å². The van der Waals surface area contributed by atoms with E-state index in [1.165, 1.54) is 31.5 Å². The normalized spacial score (nSPS) is 12.4. The second kappa shape index (κ2) is 7.23. The molecule has 0 unspecified atom stereocenters. The number of pyridine rings is 2. The molecule has 0 aliphatic carbocycles. The van der Waals surface area contributed by atoms with Crippen molar-refractivity contribution < 1.29 is 14.2 Å². The molecule has 140 valence electrons. The van der Waals surface area contributed by atoms with Gasteiger partial charge in [0.1, 0.15) is 17.3 Å². The van der Waals surface area contributed by atoms with Crippen LogP contribution in [0, 0.1) is 5.82 Å². The molecule has 0 aliphatic heterocycles. The maximum absolute atomic E-state index is 13.7. The molecule has 0 bridgehead atoms. The number of halogens is 1. The Morgan fingerprint density at radius 3 is 2.85 bits per heavy atom. The minimum absolute atomic E-state index is 0.0908. The minimum atomic E-state index is -0.673. The van der Waals surface area contributed by atoms with E-state index in [9.17, 15) is 14.3 Å². The molecule has 2 heterocycles. The van der Waals surface area contributed by atoms with Crippen LogP contribution in [-0.4, -0.2) is 21.8 Å². The first-order chi connectivity index (χ1) is 12.8. The molecule has 6 heteroatoms. The molecule has 0 spiro atoms. The van der Waals surface area contributed by atoms with E-state index >= 15 is 0 Å². The average Bonchev–Trinajstić information content (AvgIpc) is 2.64. The van der Waals surface area contributed by atoms with E-state index in [-0.39, 0.29) is 23.5 Å². The third-order valence-electron chi connectivity index (χ3n) is 4.49. The van der Waals surface area contributed by atoms with Gasteiger partial charge in [0, 0.05) is 35.6 Å². The topological polar surface area (TPSA) is 64.3 Å². The number of hydrogen-bond acceptors (Lipinski definition) is 4.